The van der Waals surface area contributed by atoms with Gasteiger partial charge in [0.25, 0.3) is 11.8 Å². The van der Waals surface area contributed by atoms with Crippen molar-refractivity contribution in [2.45, 2.75) is 0 Å². The Hall–Kier alpha value is -4.33. The average Bonchev–Trinajstić information content (AvgIpc) is 2.87. The van der Waals surface area contributed by atoms with Crippen molar-refractivity contribution >= 4 is 29.2 Å². The highest BCUT2D eigenvalue weighted by atomic mass is 19.1. The van der Waals surface area contributed by atoms with Crippen molar-refractivity contribution < 1.29 is 27.9 Å². The standard InChI is InChI=1S/C22H18F2N2O2.C4H6O2/c1-25(21(27)15-7-11-17(23)12-8-15)19-5-3-4-6-20(19)26(2)22(28)16-9-13-18(24)14-10-16;1-3-4(5)6-2/h3-14H,1-2H3;3H,1H2,2H3. The number of nitrogens with zero attached hydrogens (tertiary/aromatic N) is 2. The van der Waals surface area contributed by atoms with E-state index >= 15 is 0 Å². The van der Waals surface area contributed by atoms with Gasteiger partial charge >= 0.3 is 5.97 Å². The van der Waals surface area contributed by atoms with Crippen LogP contribution in [-0.2, 0) is 9.53 Å². The summed E-state index contributed by atoms with van der Waals surface area (Å²) in [7, 11) is 4.48. The number of esters is 1. The molecule has 176 valence electrons. The Labute approximate surface area is 196 Å². The number of carbonyl (C=O) groups is 3. The van der Waals surface area contributed by atoms with Gasteiger partial charge in [0.1, 0.15) is 11.6 Å². The molecule has 0 aliphatic carbocycles. The highest BCUT2D eigenvalue weighted by Crippen LogP contribution is 2.30. The second-order valence-corrected chi connectivity index (χ2v) is 6.96. The van der Waals surface area contributed by atoms with Gasteiger partial charge < -0.3 is 14.5 Å². The topological polar surface area (TPSA) is 66.9 Å². The molecule has 3 rings (SSSR count). The van der Waals surface area contributed by atoms with Crippen molar-refractivity contribution in [2.24, 2.45) is 0 Å². The largest absolute Gasteiger partial charge is 0.466 e. The number of para-hydroxylation sites is 2. The molecule has 34 heavy (non-hydrogen) atoms. The van der Waals surface area contributed by atoms with Crippen LogP contribution in [0.25, 0.3) is 0 Å². The molecule has 0 radical (unpaired) electrons. The lowest BCUT2D eigenvalue weighted by molar-refractivity contribution is -0.134. The van der Waals surface area contributed by atoms with Crippen molar-refractivity contribution in [1.82, 2.24) is 0 Å². The summed E-state index contributed by atoms with van der Waals surface area (Å²) in [5.41, 5.74) is 1.67. The second kappa shape index (κ2) is 12.1. The molecule has 0 heterocycles. The van der Waals surface area contributed by atoms with Gasteiger partial charge in [-0.1, -0.05) is 18.7 Å². The maximum atomic E-state index is 13.1. The van der Waals surface area contributed by atoms with Crippen LogP contribution >= 0.6 is 0 Å². The first-order valence-electron chi connectivity index (χ1n) is 10.1. The van der Waals surface area contributed by atoms with E-state index in [4.69, 9.17) is 0 Å². The van der Waals surface area contributed by atoms with E-state index < -0.39 is 17.6 Å². The fraction of sp³-hybridized carbons (Fsp3) is 0.115. The number of ether oxygens (including phenoxy) is 1. The first-order chi connectivity index (χ1) is 16.2. The molecule has 0 unspecified atom stereocenters. The molecule has 3 aromatic rings. The molecule has 0 atom stereocenters. The summed E-state index contributed by atoms with van der Waals surface area (Å²) >= 11 is 0. The van der Waals surface area contributed by atoms with Gasteiger partial charge in [0, 0.05) is 31.3 Å². The maximum Gasteiger partial charge on any atom is 0.329 e. The number of methoxy groups -OCH3 is 1. The van der Waals surface area contributed by atoms with Crippen molar-refractivity contribution in [2.75, 3.05) is 31.0 Å². The highest BCUT2D eigenvalue weighted by molar-refractivity contribution is 6.11. The number of amides is 2. The Kier molecular flexibility index (Phi) is 9.19. The van der Waals surface area contributed by atoms with Crippen LogP contribution in [0.15, 0.2) is 85.5 Å². The third-order valence-electron chi connectivity index (χ3n) is 4.76. The van der Waals surface area contributed by atoms with E-state index in [1.54, 1.807) is 38.4 Å². The summed E-state index contributed by atoms with van der Waals surface area (Å²) in [5, 5.41) is 0. The first kappa shape index (κ1) is 25.9. The normalized spacial score (nSPS) is 9.79. The molecule has 3 aromatic carbocycles. The quantitative estimate of drug-likeness (QED) is 0.398. The van der Waals surface area contributed by atoms with Crippen LogP contribution in [0.3, 0.4) is 0 Å². The Morgan fingerprint density at radius 3 is 1.35 bits per heavy atom. The molecule has 0 fully saturated rings. The monoisotopic (exact) mass is 466 g/mol. The van der Waals surface area contributed by atoms with Crippen LogP contribution in [0.4, 0.5) is 20.2 Å². The van der Waals surface area contributed by atoms with Crippen LogP contribution in [0.5, 0.6) is 0 Å². The predicted octanol–water partition coefficient (Wildman–Crippen LogP) is 4.86. The third-order valence-corrected chi connectivity index (χ3v) is 4.76. The van der Waals surface area contributed by atoms with Crippen molar-refractivity contribution in [3.8, 4) is 0 Å². The van der Waals surface area contributed by atoms with Gasteiger partial charge in [-0.25, -0.2) is 13.6 Å². The predicted molar refractivity (Wildman–Crippen MR) is 127 cm³/mol. The molecule has 0 aliphatic rings. The average molecular weight is 466 g/mol. The Bertz CT molecular complexity index is 1080. The summed E-state index contributed by atoms with van der Waals surface area (Å²) in [5.74, 6) is -1.92. The molecule has 8 heteroatoms. The lowest BCUT2D eigenvalue weighted by Gasteiger charge is -2.26. The van der Waals surface area contributed by atoms with Gasteiger partial charge in [-0.3, -0.25) is 9.59 Å². The van der Waals surface area contributed by atoms with Crippen molar-refractivity contribution in [1.29, 1.82) is 0 Å². The molecule has 0 spiro atoms. The number of rotatable bonds is 5. The van der Waals surface area contributed by atoms with Crippen LogP contribution in [-0.4, -0.2) is 39.0 Å². The third kappa shape index (κ3) is 6.59. The van der Waals surface area contributed by atoms with Crippen LogP contribution < -0.4 is 9.80 Å². The molecule has 2 amide bonds. The van der Waals surface area contributed by atoms with Gasteiger partial charge in [0.05, 0.1) is 18.5 Å². The van der Waals surface area contributed by atoms with E-state index in [1.807, 2.05) is 0 Å². The molecule has 0 aromatic heterocycles. The summed E-state index contributed by atoms with van der Waals surface area (Å²) < 4.78 is 30.4. The maximum absolute atomic E-state index is 13.1. The zero-order valence-corrected chi connectivity index (χ0v) is 19.0. The Morgan fingerprint density at radius 1 is 0.735 bits per heavy atom. The van der Waals surface area contributed by atoms with Gasteiger partial charge in [0.15, 0.2) is 0 Å². The van der Waals surface area contributed by atoms with Crippen LogP contribution in [0.1, 0.15) is 20.7 Å². The zero-order chi connectivity index (χ0) is 25.3. The molecule has 0 bridgehead atoms. The fourth-order valence-electron chi connectivity index (χ4n) is 2.91. The smallest absolute Gasteiger partial charge is 0.329 e. The van der Waals surface area contributed by atoms with E-state index in [0.29, 0.717) is 22.5 Å². The van der Waals surface area contributed by atoms with Gasteiger partial charge in [-0.05, 0) is 60.7 Å². The number of hydrogen-bond donors (Lipinski definition) is 0. The van der Waals surface area contributed by atoms with E-state index in [1.165, 1.54) is 65.4 Å². The summed E-state index contributed by atoms with van der Waals surface area (Å²) in [6.07, 6.45) is 1.11. The summed E-state index contributed by atoms with van der Waals surface area (Å²) in [4.78, 5) is 38.2. The number of anilines is 2. The number of carbonyl (C=O) groups excluding carboxylic acids is 3. The van der Waals surface area contributed by atoms with E-state index in [-0.39, 0.29) is 11.8 Å². The highest BCUT2D eigenvalue weighted by Gasteiger charge is 2.21. The van der Waals surface area contributed by atoms with Gasteiger partial charge in [-0.15, -0.1) is 0 Å². The molecule has 6 nitrogen and oxygen atoms in total. The fourth-order valence-corrected chi connectivity index (χ4v) is 2.91. The second-order valence-electron chi connectivity index (χ2n) is 6.96. The molecular formula is C26H24F2N2O4. The minimum Gasteiger partial charge on any atom is -0.466 e. The first-order valence-corrected chi connectivity index (χ1v) is 10.1. The lowest BCUT2D eigenvalue weighted by atomic mass is 10.1. The summed E-state index contributed by atoms with van der Waals surface area (Å²) in [6.45, 7) is 3.16. The Morgan fingerprint density at radius 2 is 1.09 bits per heavy atom. The molecule has 0 aliphatic heterocycles. The number of halogens is 2. The number of benzene rings is 3. The van der Waals surface area contributed by atoms with Crippen molar-refractivity contribution in [3.63, 3.8) is 0 Å². The lowest BCUT2D eigenvalue weighted by Crippen LogP contribution is -2.31. The Balaban J connectivity index is 0.000000604. The molecular weight excluding hydrogens is 442 g/mol. The van der Waals surface area contributed by atoms with Crippen LogP contribution in [0.2, 0.25) is 0 Å². The van der Waals surface area contributed by atoms with E-state index in [9.17, 15) is 23.2 Å². The number of hydrogen-bond acceptors (Lipinski definition) is 4. The molecule has 0 saturated carbocycles. The van der Waals surface area contributed by atoms with Crippen molar-refractivity contribution in [3.05, 3.63) is 108 Å². The SMILES string of the molecule is C=CC(=O)OC.CN(C(=O)c1ccc(F)cc1)c1ccccc1N(C)C(=O)c1ccc(F)cc1. The summed E-state index contributed by atoms with van der Waals surface area (Å²) in [6, 6.07) is 17.4. The van der Waals surface area contributed by atoms with E-state index in [2.05, 4.69) is 11.3 Å². The van der Waals surface area contributed by atoms with Gasteiger partial charge in [0.2, 0.25) is 0 Å². The van der Waals surface area contributed by atoms with Gasteiger partial charge in [-0.2, -0.15) is 0 Å². The zero-order valence-electron chi connectivity index (χ0n) is 19.0. The minimum absolute atomic E-state index is 0.325. The molecule has 0 N–H and O–H groups in total. The van der Waals surface area contributed by atoms with Crippen LogP contribution in [0, 0.1) is 11.6 Å². The minimum atomic E-state index is -0.427. The van der Waals surface area contributed by atoms with E-state index in [0.717, 1.165) is 6.08 Å². The molecule has 0 saturated heterocycles.